The van der Waals surface area contributed by atoms with Crippen LogP contribution in [0.4, 0.5) is 10.2 Å². The molecule has 2 aromatic heterocycles. The zero-order valence-corrected chi connectivity index (χ0v) is 14.6. The third kappa shape index (κ3) is 3.25. The third-order valence-corrected chi connectivity index (χ3v) is 4.56. The Morgan fingerprint density at radius 2 is 2.15 bits per heavy atom. The fourth-order valence-electron chi connectivity index (χ4n) is 3.20. The minimum absolute atomic E-state index is 0.178. The quantitative estimate of drug-likeness (QED) is 0.655. The van der Waals surface area contributed by atoms with Crippen LogP contribution in [-0.2, 0) is 9.53 Å². The zero-order chi connectivity index (χ0) is 18.8. The normalized spacial score (nSPS) is 16.5. The molecule has 3 heterocycles. The lowest BCUT2D eigenvalue weighted by molar-refractivity contribution is -0.141. The van der Waals surface area contributed by atoms with Gasteiger partial charge >= 0.3 is 5.97 Å². The first kappa shape index (κ1) is 17.1. The van der Waals surface area contributed by atoms with Gasteiger partial charge in [0, 0.05) is 12.7 Å². The molecule has 1 aliphatic rings. The molecular weight excluding hydrogens is 351 g/mol. The molecule has 3 aromatic rings. The molecule has 1 atom stereocenters. The summed E-state index contributed by atoms with van der Waals surface area (Å²) in [6.07, 6.45) is 3.24. The van der Waals surface area contributed by atoms with Crippen LogP contribution in [0.15, 0.2) is 47.1 Å². The van der Waals surface area contributed by atoms with E-state index in [0.717, 1.165) is 19.4 Å². The fourth-order valence-corrected chi connectivity index (χ4v) is 3.20. The maximum atomic E-state index is 13.9. The summed E-state index contributed by atoms with van der Waals surface area (Å²) in [4.78, 5) is 22.5. The van der Waals surface area contributed by atoms with Gasteiger partial charge in [-0.05, 0) is 37.1 Å². The molecule has 8 heteroatoms. The maximum absolute atomic E-state index is 13.9. The number of rotatable bonds is 4. The number of methoxy groups -OCH3 is 1. The van der Waals surface area contributed by atoms with Gasteiger partial charge in [-0.1, -0.05) is 17.3 Å². The third-order valence-electron chi connectivity index (χ3n) is 4.56. The zero-order valence-electron chi connectivity index (χ0n) is 14.6. The predicted molar refractivity (Wildman–Crippen MR) is 95.3 cm³/mol. The first-order chi connectivity index (χ1) is 13.2. The summed E-state index contributed by atoms with van der Waals surface area (Å²) >= 11 is 0. The van der Waals surface area contributed by atoms with Crippen LogP contribution in [0.2, 0.25) is 0 Å². The van der Waals surface area contributed by atoms with Crippen LogP contribution in [0, 0.1) is 5.82 Å². The molecule has 0 unspecified atom stereocenters. The van der Waals surface area contributed by atoms with Crippen LogP contribution in [0.1, 0.15) is 12.8 Å². The molecule has 1 saturated heterocycles. The van der Waals surface area contributed by atoms with E-state index in [1.807, 2.05) is 4.90 Å². The summed E-state index contributed by atoms with van der Waals surface area (Å²) < 4.78 is 24.0. The molecule has 27 heavy (non-hydrogen) atoms. The van der Waals surface area contributed by atoms with Crippen LogP contribution < -0.4 is 4.90 Å². The summed E-state index contributed by atoms with van der Waals surface area (Å²) in [6, 6.07) is 9.50. The smallest absolute Gasteiger partial charge is 0.328 e. The summed E-state index contributed by atoms with van der Waals surface area (Å²) in [7, 11) is 1.39. The van der Waals surface area contributed by atoms with Gasteiger partial charge in [-0.15, -0.1) is 0 Å². The molecule has 1 fully saturated rings. The van der Waals surface area contributed by atoms with Gasteiger partial charge in [0.1, 0.15) is 17.7 Å². The van der Waals surface area contributed by atoms with Crippen molar-refractivity contribution in [2.45, 2.75) is 18.9 Å². The van der Waals surface area contributed by atoms with Crippen LogP contribution in [-0.4, -0.2) is 40.8 Å². The monoisotopic (exact) mass is 368 g/mol. The second-order valence-electron chi connectivity index (χ2n) is 6.18. The lowest BCUT2D eigenvalue weighted by atomic mass is 10.2. The predicted octanol–water partition coefficient (Wildman–Crippen LogP) is 3.08. The highest BCUT2D eigenvalue weighted by molar-refractivity contribution is 5.80. The van der Waals surface area contributed by atoms with Crippen molar-refractivity contribution in [1.82, 2.24) is 15.1 Å². The Morgan fingerprint density at radius 3 is 2.89 bits per heavy atom. The maximum Gasteiger partial charge on any atom is 0.328 e. The number of hydrogen-bond acceptors (Lipinski definition) is 7. The lowest BCUT2D eigenvalue weighted by Crippen LogP contribution is -2.37. The SMILES string of the molecule is COC(=O)[C@@H]1CCCN1c1ccc(-c2nc(-c3ccccc3F)no2)cn1. The van der Waals surface area contributed by atoms with Crippen LogP contribution in [0.5, 0.6) is 0 Å². The van der Waals surface area contributed by atoms with Crippen molar-refractivity contribution in [2.24, 2.45) is 0 Å². The number of nitrogens with zero attached hydrogens (tertiary/aromatic N) is 4. The molecule has 0 spiro atoms. The van der Waals surface area contributed by atoms with Crippen molar-refractivity contribution < 1.29 is 18.4 Å². The van der Waals surface area contributed by atoms with Gasteiger partial charge in [0.2, 0.25) is 5.82 Å². The van der Waals surface area contributed by atoms with Crippen molar-refractivity contribution in [3.05, 3.63) is 48.4 Å². The van der Waals surface area contributed by atoms with Crippen LogP contribution in [0.25, 0.3) is 22.8 Å². The van der Waals surface area contributed by atoms with Crippen LogP contribution >= 0.6 is 0 Å². The highest BCUT2D eigenvalue weighted by atomic mass is 19.1. The number of esters is 1. The number of aromatic nitrogens is 3. The number of ether oxygens (including phenoxy) is 1. The Labute approximate surface area is 154 Å². The average Bonchev–Trinajstić information content (AvgIpc) is 3.38. The van der Waals surface area contributed by atoms with Gasteiger partial charge in [-0.3, -0.25) is 0 Å². The van der Waals surface area contributed by atoms with Crippen molar-refractivity contribution >= 4 is 11.8 Å². The first-order valence-corrected chi connectivity index (χ1v) is 8.57. The number of hydrogen-bond donors (Lipinski definition) is 0. The van der Waals surface area contributed by atoms with E-state index in [2.05, 4.69) is 15.1 Å². The number of benzene rings is 1. The molecule has 0 saturated carbocycles. The molecule has 1 aliphatic heterocycles. The Hall–Kier alpha value is -3.29. The molecular formula is C19H17FN4O3. The van der Waals surface area contributed by atoms with E-state index >= 15 is 0 Å². The molecule has 0 aliphatic carbocycles. The largest absolute Gasteiger partial charge is 0.467 e. The van der Waals surface area contributed by atoms with Gasteiger partial charge in [0.05, 0.1) is 18.2 Å². The Kier molecular flexibility index (Phi) is 4.53. The highest BCUT2D eigenvalue weighted by Gasteiger charge is 2.32. The van der Waals surface area contributed by atoms with Gasteiger partial charge < -0.3 is 14.2 Å². The molecule has 0 N–H and O–H groups in total. The Balaban J connectivity index is 1.57. The number of pyridine rings is 1. The highest BCUT2D eigenvalue weighted by Crippen LogP contribution is 2.27. The molecule has 0 radical (unpaired) electrons. The number of carbonyl (C=O) groups excluding carboxylic acids is 1. The average molecular weight is 368 g/mol. The van der Waals surface area contributed by atoms with E-state index in [1.165, 1.54) is 13.2 Å². The summed E-state index contributed by atoms with van der Waals surface area (Å²) in [5.41, 5.74) is 0.887. The topological polar surface area (TPSA) is 81.4 Å². The summed E-state index contributed by atoms with van der Waals surface area (Å²) in [5.74, 6) is 0.433. The van der Waals surface area contributed by atoms with E-state index in [4.69, 9.17) is 9.26 Å². The van der Waals surface area contributed by atoms with E-state index in [-0.39, 0.29) is 29.3 Å². The summed E-state index contributed by atoms with van der Waals surface area (Å²) in [5, 5.41) is 3.84. The fraction of sp³-hybridized carbons (Fsp3) is 0.263. The standard InChI is InChI=1S/C19H17FN4O3/c1-26-19(25)15-7-4-10-24(15)16-9-8-12(11-21-16)18-22-17(23-27-18)13-5-2-3-6-14(13)20/h2-3,5-6,8-9,11,15H,4,7,10H2,1H3/t15-/m0/s1. The lowest BCUT2D eigenvalue weighted by Gasteiger charge is -2.23. The molecule has 138 valence electrons. The van der Waals surface area contributed by atoms with Gasteiger partial charge in [0.25, 0.3) is 5.89 Å². The number of halogens is 1. The second-order valence-corrected chi connectivity index (χ2v) is 6.18. The van der Waals surface area contributed by atoms with Crippen molar-refractivity contribution in [3.63, 3.8) is 0 Å². The van der Waals surface area contributed by atoms with Crippen LogP contribution in [0.3, 0.4) is 0 Å². The van der Waals surface area contributed by atoms with Crippen molar-refractivity contribution in [2.75, 3.05) is 18.6 Å². The Bertz CT molecular complexity index is 958. The van der Waals surface area contributed by atoms with Gasteiger partial charge in [-0.25, -0.2) is 14.2 Å². The van der Waals surface area contributed by atoms with Gasteiger partial charge in [-0.2, -0.15) is 4.98 Å². The number of carbonyl (C=O) groups is 1. The van der Waals surface area contributed by atoms with E-state index in [9.17, 15) is 9.18 Å². The summed E-state index contributed by atoms with van der Waals surface area (Å²) in [6.45, 7) is 0.740. The number of anilines is 1. The molecule has 1 aromatic carbocycles. The first-order valence-electron chi connectivity index (χ1n) is 8.57. The van der Waals surface area contributed by atoms with Crippen molar-refractivity contribution in [3.8, 4) is 22.8 Å². The Morgan fingerprint density at radius 1 is 1.30 bits per heavy atom. The van der Waals surface area contributed by atoms with E-state index < -0.39 is 5.82 Å². The van der Waals surface area contributed by atoms with E-state index in [0.29, 0.717) is 11.4 Å². The molecule has 0 amide bonds. The molecule has 7 nitrogen and oxygen atoms in total. The minimum Gasteiger partial charge on any atom is -0.467 e. The minimum atomic E-state index is -0.416. The van der Waals surface area contributed by atoms with Crippen molar-refractivity contribution in [1.29, 1.82) is 0 Å². The molecule has 0 bridgehead atoms. The molecule has 4 rings (SSSR count). The second kappa shape index (κ2) is 7.14. The van der Waals surface area contributed by atoms with E-state index in [1.54, 1.807) is 36.5 Å². The van der Waals surface area contributed by atoms with Gasteiger partial charge in [0.15, 0.2) is 0 Å².